The van der Waals surface area contributed by atoms with Gasteiger partial charge in [-0.15, -0.1) is 0 Å². The zero-order valence-corrected chi connectivity index (χ0v) is 20.0. The molecule has 0 aliphatic heterocycles. The van der Waals surface area contributed by atoms with Crippen molar-refractivity contribution < 1.29 is 4.74 Å². The van der Waals surface area contributed by atoms with E-state index >= 15 is 0 Å². The number of nitrogens with zero attached hydrogens (tertiary/aromatic N) is 1. The number of rotatable bonds is 14. The number of aryl methyl sites for hydroxylation is 1. The summed E-state index contributed by atoms with van der Waals surface area (Å²) in [5.74, 6) is 0.958. The molecule has 1 aromatic heterocycles. The maximum Gasteiger partial charge on any atom is 0.119 e. The number of unbranched alkanes of at least 4 members (excludes halogenated alkanes) is 7. The first-order valence-electron chi connectivity index (χ1n) is 12.6. The Balaban J connectivity index is 1.50. The van der Waals surface area contributed by atoms with Crippen molar-refractivity contribution in [3.8, 4) is 28.1 Å². The van der Waals surface area contributed by atoms with Gasteiger partial charge in [0.15, 0.2) is 0 Å². The van der Waals surface area contributed by atoms with Crippen LogP contribution in [0.15, 0.2) is 66.9 Å². The van der Waals surface area contributed by atoms with Crippen LogP contribution < -0.4 is 4.74 Å². The molecule has 0 saturated heterocycles. The summed E-state index contributed by atoms with van der Waals surface area (Å²) in [5.41, 5.74) is 5.96. The Hall–Kier alpha value is -2.61. The molecule has 0 N–H and O–H groups in total. The highest BCUT2D eigenvalue weighted by molar-refractivity contribution is 5.69. The molecule has 32 heavy (non-hydrogen) atoms. The third-order valence-electron chi connectivity index (χ3n) is 6.03. The van der Waals surface area contributed by atoms with Crippen LogP contribution >= 0.6 is 0 Å². The molecule has 2 nitrogen and oxygen atoms in total. The first-order chi connectivity index (χ1) is 15.8. The van der Waals surface area contributed by atoms with Gasteiger partial charge in [-0.25, -0.2) is 0 Å². The minimum absolute atomic E-state index is 0.808. The monoisotopic (exact) mass is 429 g/mol. The standard InChI is InChI=1S/C30H39NO/c1-3-5-7-9-11-23-32-29-20-18-27(19-21-29)26-14-16-28(17-15-26)30-22-13-25(24-31-30)12-10-8-6-4-2/h13-22,24H,3-12,23H2,1-2H3. The van der Waals surface area contributed by atoms with E-state index in [1.807, 2.05) is 6.20 Å². The van der Waals surface area contributed by atoms with E-state index in [2.05, 4.69) is 74.5 Å². The minimum Gasteiger partial charge on any atom is -0.494 e. The van der Waals surface area contributed by atoms with Gasteiger partial charge in [0.05, 0.1) is 12.3 Å². The van der Waals surface area contributed by atoms with Crippen LogP contribution in [0.5, 0.6) is 5.75 Å². The summed E-state index contributed by atoms with van der Waals surface area (Å²) < 4.78 is 5.89. The van der Waals surface area contributed by atoms with Crippen molar-refractivity contribution in [3.63, 3.8) is 0 Å². The second kappa shape index (κ2) is 13.7. The molecule has 1 heterocycles. The SMILES string of the molecule is CCCCCCCOc1ccc(-c2ccc(-c3ccc(CCCCCC)cn3)cc2)cc1. The minimum atomic E-state index is 0.808. The first-order valence-corrected chi connectivity index (χ1v) is 12.6. The van der Waals surface area contributed by atoms with Crippen molar-refractivity contribution >= 4 is 0 Å². The maximum absolute atomic E-state index is 5.89. The topological polar surface area (TPSA) is 22.1 Å². The highest BCUT2D eigenvalue weighted by atomic mass is 16.5. The largest absolute Gasteiger partial charge is 0.494 e. The molecule has 0 amide bonds. The van der Waals surface area contributed by atoms with Crippen LogP contribution in [0, 0.1) is 0 Å². The van der Waals surface area contributed by atoms with Gasteiger partial charge in [0.25, 0.3) is 0 Å². The van der Waals surface area contributed by atoms with E-state index in [0.717, 1.165) is 36.5 Å². The molecule has 2 aromatic carbocycles. The summed E-state index contributed by atoms with van der Waals surface area (Å²) in [4.78, 5) is 4.70. The quantitative estimate of drug-likeness (QED) is 0.239. The lowest BCUT2D eigenvalue weighted by Gasteiger charge is -2.08. The predicted molar refractivity (Wildman–Crippen MR) is 137 cm³/mol. The molecule has 0 radical (unpaired) electrons. The lowest BCUT2D eigenvalue weighted by molar-refractivity contribution is 0.304. The molecule has 0 spiro atoms. The lowest BCUT2D eigenvalue weighted by Crippen LogP contribution is -1.97. The molecular formula is C30H39NO. The van der Waals surface area contributed by atoms with Crippen LogP contribution in [0.4, 0.5) is 0 Å². The average Bonchev–Trinajstić information content (AvgIpc) is 2.85. The Bertz CT molecular complexity index is 882. The van der Waals surface area contributed by atoms with Gasteiger partial charge in [-0.05, 0) is 54.2 Å². The van der Waals surface area contributed by atoms with Crippen LogP contribution in [-0.2, 0) is 6.42 Å². The van der Waals surface area contributed by atoms with E-state index in [4.69, 9.17) is 9.72 Å². The van der Waals surface area contributed by atoms with Gasteiger partial charge in [0.2, 0.25) is 0 Å². The third-order valence-corrected chi connectivity index (χ3v) is 6.03. The van der Waals surface area contributed by atoms with Gasteiger partial charge in [-0.3, -0.25) is 4.98 Å². The van der Waals surface area contributed by atoms with Gasteiger partial charge >= 0.3 is 0 Å². The molecule has 0 atom stereocenters. The zero-order valence-electron chi connectivity index (χ0n) is 20.0. The van der Waals surface area contributed by atoms with Crippen LogP contribution in [0.1, 0.15) is 77.2 Å². The fourth-order valence-corrected chi connectivity index (χ4v) is 3.97. The van der Waals surface area contributed by atoms with Gasteiger partial charge in [0.1, 0.15) is 5.75 Å². The maximum atomic E-state index is 5.89. The molecule has 0 fully saturated rings. The highest BCUT2D eigenvalue weighted by Gasteiger charge is 2.03. The molecular weight excluding hydrogens is 390 g/mol. The molecule has 3 aromatic rings. The van der Waals surface area contributed by atoms with Gasteiger partial charge < -0.3 is 4.74 Å². The third kappa shape index (κ3) is 7.82. The summed E-state index contributed by atoms with van der Waals surface area (Å²) in [7, 11) is 0. The second-order valence-electron chi connectivity index (χ2n) is 8.73. The summed E-state index contributed by atoms with van der Waals surface area (Å²) in [5, 5.41) is 0. The zero-order chi connectivity index (χ0) is 22.4. The molecule has 170 valence electrons. The summed E-state index contributed by atoms with van der Waals surface area (Å²) in [6.45, 7) is 5.31. The summed E-state index contributed by atoms with van der Waals surface area (Å²) in [6, 6.07) is 21.5. The van der Waals surface area contributed by atoms with Gasteiger partial charge in [0, 0.05) is 11.8 Å². The first kappa shape index (κ1) is 24.0. The smallest absolute Gasteiger partial charge is 0.119 e. The van der Waals surface area contributed by atoms with Crippen molar-refractivity contribution in [2.24, 2.45) is 0 Å². The molecule has 0 aliphatic rings. The van der Waals surface area contributed by atoms with Crippen LogP contribution in [0.2, 0.25) is 0 Å². The van der Waals surface area contributed by atoms with Crippen molar-refractivity contribution in [2.75, 3.05) is 6.61 Å². The van der Waals surface area contributed by atoms with E-state index in [-0.39, 0.29) is 0 Å². The lowest BCUT2D eigenvalue weighted by atomic mass is 10.0. The number of hydrogen-bond acceptors (Lipinski definition) is 2. The van der Waals surface area contributed by atoms with E-state index in [9.17, 15) is 0 Å². The fourth-order valence-electron chi connectivity index (χ4n) is 3.97. The Morgan fingerprint density at radius 1 is 0.594 bits per heavy atom. The second-order valence-corrected chi connectivity index (χ2v) is 8.73. The number of pyridine rings is 1. The van der Waals surface area contributed by atoms with Crippen LogP contribution in [0.25, 0.3) is 22.4 Å². The number of ether oxygens (including phenoxy) is 1. The number of hydrogen-bond donors (Lipinski definition) is 0. The Labute approximate surface area is 195 Å². The number of aromatic nitrogens is 1. The summed E-state index contributed by atoms with van der Waals surface area (Å²) >= 11 is 0. The van der Waals surface area contributed by atoms with E-state index in [0.29, 0.717) is 0 Å². The van der Waals surface area contributed by atoms with Gasteiger partial charge in [-0.1, -0.05) is 101 Å². The van der Waals surface area contributed by atoms with Gasteiger partial charge in [-0.2, -0.15) is 0 Å². The molecule has 0 bridgehead atoms. The Morgan fingerprint density at radius 3 is 1.81 bits per heavy atom. The molecule has 3 rings (SSSR count). The van der Waals surface area contributed by atoms with Crippen molar-refractivity contribution in [1.82, 2.24) is 4.98 Å². The molecule has 0 unspecified atom stereocenters. The number of benzene rings is 2. The van der Waals surface area contributed by atoms with Crippen molar-refractivity contribution in [3.05, 3.63) is 72.4 Å². The molecule has 0 aliphatic carbocycles. The van der Waals surface area contributed by atoms with Crippen LogP contribution in [0.3, 0.4) is 0 Å². The van der Waals surface area contributed by atoms with Crippen LogP contribution in [-0.4, -0.2) is 11.6 Å². The average molecular weight is 430 g/mol. The van der Waals surface area contributed by atoms with E-state index in [1.165, 1.54) is 68.1 Å². The van der Waals surface area contributed by atoms with Crippen molar-refractivity contribution in [1.29, 1.82) is 0 Å². The Kier molecular flexibility index (Phi) is 10.3. The van der Waals surface area contributed by atoms with E-state index < -0.39 is 0 Å². The normalized spacial score (nSPS) is 10.9. The summed E-state index contributed by atoms with van der Waals surface area (Å²) in [6.07, 6.45) is 14.7. The predicted octanol–water partition coefficient (Wildman–Crippen LogP) is 8.89. The molecule has 2 heteroatoms. The molecule has 0 saturated carbocycles. The Morgan fingerprint density at radius 2 is 1.19 bits per heavy atom. The fraction of sp³-hybridized carbons (Fsp3) is 0.433. The van der Waals surface area contributed by atoms with E-state index in [1.54, 1.807) is 0 Å². The highest BCUT2D eigenvalue weighted by Crippen LogP contribution is 2.26. The van der Waals surface area contributed by atoms with Crippen molar-refractivity contribution in [2.45, 2.75) is 78.1 Å².